The number of halogens is 2. The van der Waals surface area contributed by atoms with Crippen LogP contribution in [0.25, 0.3) is 6.08 Å². The van der Waals surface area contributed by atoms with Crippen LogP contribution in [-0.4, -0.2) is 22.0 Å². The lowest BCUT2D eigenvalue weighted by Crippen LogP contribution is -2.54. The molecule has 26 heavy (non-hydrogen) atoms. The Bertz CT molecular complexity index is 990. The van der Waals surface area contributed by atoms with Crippen LogP contribution in [0.3, 0.4) is 0 Å². The van der Waals surface area contributed by atoms with E-state index in [1.807, 2.05) is 6.92 Å². The highest BCUT2D eigenvalue weighted by atomic mass is 79.9. The Balaban J connectivity index is 2.03. The van der Waals surface area contributed by atoms with Gasteiger partial charge in [-0.05, 0) is 76.5 Å². The number of amides is 2. The Morgan fingerprint density at radius 1 is 1.23 bits per heavy atom. The number of phenols is 1. The van der Waals surface area contributed by atoms with E-state index in [-0.39, 0.29) is 16.4 Å². The van der Waals surface area contributed by atoms with E-state index in [1.165, 1.54) is 17.0 Å². The van der Waals surface area contributed by atoms with E-state index in [0.29, 0.717) is 20.7 Å². The molecule has 132 valence electrons. The number of carbonyl (C=O) groups excluding carboxylic acids is 2. The lowest BCUT2D eigenvalue weighted by molar-refractivity contribution is -0.122. The van der Waals surface area contributed by atoms with Crippen LogP contribution in [0.5, 0.6) is 5.75 Å². The largest absolute Gasteiger partial charge is 0.507 e. The van der Waals surface area contributed by atoms with Gasteiger partial charge in [0.1, 0.15) is 11.3 Å². The Kier molecular flexibility index (Phi) is 5.13. The number of phenolic OH excluding ortho intramolecular Hbond substituents is 1. The zero-order valence-corrected chi connectivity index (χ0v) is 16.6. The third-order valence-corrected chi connectivity index (χ3v) is 5.13. The SMILES string of the molecule is Cc1ccc(N2C(=O)/C(=C/c3ccc(O)c(Br)c3)C(=O)NC2=S)cc1Cl. The molecule has 1 heterocycles. The average Bonchev–Trinajstić information content (AvgIpc) is 2.57. The molecule has 1 saturated heterocycles. The normalized spacial score (nSPS) is 16.2. The molecule has 0 aromatic heterocycles. The number of carbonyl (C=O) groups is 2. The first-order chi connectivity index (χ1) is 12.3. The van der Waals surface area contributed by atoms with Crippen molar-refractivity contribution in [3.05, 3.63) is 62.6 Å². The van der Waals surface area contributed by atoms with Gasteiger partial charge in [-0.1, -0.05) is 23.7 Å². The molecule has 2 aromatic carbocycles. The summed E-state index contributed by atoms with van der Waals surface area (Å²) in [5.41, 5.74) is 1.82. The molecule has 2 N–H and O–H groups in total. The van der Waals surface area contributed by atoms with Gasteiger partial charge in [0.15, 0.2) is 5.11 Å². The first-order valence-electron chi connectivity index (χ1n) is 7.44. The maximum absolute atomic E-state index is 12.9. The molecular weight excluding hydrogens is 440 g/mol. The summed E-state index contributed by atoms with van der Waals surface area (Å²) in [5.74, 6) is -1.08. The van der Waals surface area contributed by atoms with Gasteiger partial charge in [-0.15, -0.1) is 0 Å². The van der Waals surface area contributed by atoms with E-state index in [1.54, 1.807) is 30.3 Å². The summed E-state index contributed by atoms with van der Waals surface area (Å²) < 4.78 is 0.452. The lowest BCUT2D eigenvalue weighted by atomic mass is 10.1. The van der Waals surface area contributed by atoms with Crippen molar-refractivity contribution < 1.29 is 14.7 Å². The third-order valence-electron chi connectivity index (χ3n) is 3.80. The molecule has 0 saturated carbocycles. The number of hydrogen-bond acceptors (Lipinski definition) is 4. The average molecular weight is 452 g/mol. The summed E-state index contributed by atoms with van der Waals surface area (Å²) in [6, 6.07) is 9.75. The fourth-order valence-electron chi connectivity index (χ4n) is 2.39. The molecule has 5 nitrogen and oxygen atoms in total. The van der Waals surface area contributed by atoms with Crippen molar-refractivity contribution in [1.82, 2.24) is 5.32 Å². The minimum absolute atomic E-state index is 0.0102. The fraction of sp³-hybridized carbons (Fsp3) is 0.0556. The second-order valence-corrected chi connectivity index (χ2v) is 7.25. The minimum atomic E-state index is -0.585. The molecular formula is C18H12BrClN2O3S. The van der Waals surface area contributed by atoms with Crippen molar-refractivity contribution in [2.24, 2.45) is 0 Å². The number of thiocarbonyl (C=S) groups is 1. The predicted molar refractivity (Wildman–Crippen MR) is 108 cm³/mol. The van der Waals surface area contributed by atoms with Gasteiger partial charge in [0.2, 0.25) is 0 Å². The summed E-state index contributed by atoms with van der Waals surface area (Å²) in [6.07, 6.45) is 1.44. The van der Waals surface area contributed by atoms with Gasteiger partial charge in [0.25, 0.3) is 11.8 Å². The maximum atomic E-state index is 12.9. The molecule has 1 aliphatic heterocycles. The molecule has 0 radical (unpaired) electrons. The van der Waals surface area contributed by atoms with Crippen molar-refractivity contribution in [2.45, 2.75) is 6.92 Å². The zero-order chi connectivity index (χ0) is 19.0. The smallest absolute Gasteiger partial charge is 0.270 e. The molecule has 0 bridgehead atoms. The predicted octanol–water partition coefficient (Wildman–Crippen LogP) is 3.95. The quantitative estimate of drug-likeness (QED) is 0.412. The van der Waals surface area contributed by atoms with Gasteiger partial charge in [-0.3, -0.25) is 19.8 Å². The highest BCUT2D eigenvalue weighted by molar-refractivity contribution is 9.10. The third kappa shape index (κ3) is 3.51. The van der Waals surface area contributed by atoms with Gasteiger partial charge >= 0.3 is 0 Å². The fourth-order valence-corrected chi connectivity index (χ4v) is 3.24. The maximum Gasteiger partial charge on any atom is 0.270 e. The molecule has 0 spiro atoms. The molecule has 0 atom stereocenters. The Labute approximate surface area is 168 Å². The first-order valence-corrected chi connectivity index (χ1v) is 9.02. The summed E-state index contributed by atoms with van der Waals surface area (Å²) >= 11 is 14.5. The van der Waals surface area contributed by atoms with Gasteiger partial charge in [0.05, 0.1) is 10.2 Å². The van der Waals surface area contributed by atoms with E-state index in [9.17, 15) is 14.7 Å². The monoisotopic (exact) mass is 450 g/mol. The molecule has 1 fully saturated rings. The van der Waals surface area contributed by atoms with Crippen molar-refractivity contribution >= 4 is 68.4 Å². The molecule has 1 aliphatic rings. The van der Waals surface area contributed by atoms with Crippen LogP contribution < -0.4 is 10.2 Å². The van der Waals surface area contributed by atoms with E-state index in [2.05, 4.69) is 21.2 Å². The highest BCUT2D eigenvalue weighted by Gasteiger charge is 2.34. The highest BCUT2D eigenvalue weighted by Crippen LogP contribution is 2.28. The number of benzene rings is 2. The molecule has 3 rings (SSSR count). The van der Waals surface area contributed by atoms with Crippen LogP contribution in [0.4, 0.5) is 5.69 Å². The van der Waals surface area contributed by atoms with Crippen molar-refractivity contribution in [2.75, 3.05) is 4.90 Å². The van der Waals surface area contributed by atoms with Gasteiger partial charge in [-0.25, -0.2) is 0 Å². The van der Waals surface area contributed by atoms with Gasteiger partial charge in [0, 0.05) is 5.02 Å². The Morgan fingerprint density at radius 3 is 2.62 bits per heavy atom. The summed E-state index contributed by atoms with van der Waals surface area (Å²) in [6.45, 7) is 1.85. The summed E-state index contributed by atoms with van der Waals surface area (Å²) in [4.78, 5) is 26.4. The molecule has 0 aliphatic carbocycles. The van der Waals surface area contributed by atoms with E-state index in [0.717, 1.165) is 5.56 Å². The number of rotatable bonds is 2. The number of aromatic hydroxyl groups is 1. The number of anilines is 1. The van der Waals surface area contributed by atoms with Gasteiger partial charge in [-0.2, -0.15) is 0 Å². The van der Waals surface area contributed by atoms with E-state index < -0.39 is 11.8 Å². The zero-order valence-electron chi connectivity index (χ0n) is 13.4. The molecule has 8 heteroatoms. The second-order valence-electron chi connectivity index (χ2n) is 5.60. The van der Waals surface area contributed by atoms with Crippen LogP contribution in [0, 0.1) is 6.92 Å². The van der Waals surface area contributed by atoms with Crippen LogP contribution in [-0.2, 0) is 9.59 Å². The standard InChI is InChI=1S/C18H12BrClN2O3S/c1-9-2-4-11(8-14(9)20)22-17(25)12(16(24)21-18(22)26)6-10-3-5-15(23)13(19)7-10/h2-8,23H,1H3,(H,21,24,26)/b12-6+. The lowest BCUT2D eigenvalue weighted by Gasteiger charge is -2.29. The second kappa shape index (κ2) is 7.19. The number of aryl methyl sites for hydroxylation is 1. The van der Waals surface area contributed by atoms with Crippen LogP contribution >= 0.6 is 39.7 Å². The number of nitrogens with zero attached hydrogens (tertiary/aromatic N) is 1. The van der Waals surface area contributed by atoms with Crippen LogP contribution in [0.2, 0.25) is 5.02 Å². The van der Waals surface area contributed by atoms with Crippen LogP contribution in [0.15, 0.2) is 46.4 Å². The number of nitrogens with one attached hydrogen (secondary N) is 1. The van der Waals surface area contributed by atoms with Crippen LogP contribution in [0.1, 0.15) is 11.1 Å². The van der Waals surface area contributed by atoms with Gasteiger partial charge < -0.3 is 5.11 Å². The minimum Gasteiger partial charge on any atom is -0.507 e. The number of hydrogen-bond donors (Lipinski definition) is 2. The van der Waals surface area contributed by atoms with E-state index in [4.69, 9.17) is 23.8 Å². The Hall–Kier alpha value is -2.22. The van der Waals surface area contributed by atoms with Crippen molar-refractivity contribution in [3.63, 3.8) is 0 Å². The summed E-state index contributed by atoms with van der Waals surface area (Å²) in [5, 5.41) is 12.6. The van der Waals surface area contributed by atoms with E-state index >= 15 is 0 Å². The topological polar surface area (TPSA) is 69.6 Å². The molecule has 0 unspecified atom stereocenters. The Morgan fingerprint density at radius 2 is 1.96 bits per heavy atom. The molecule has 2 aromatic rings. The van der Waals surface area contributed by atoms with Crippen molar-refractivity contribution in [3.8, 4) is 5.75 Å². The molecule has 2 amide bonds. The van der Waals surface area contributed by atoms with Crippen molar-refractivity contribution in [1.29, 1.82) is 0 Å². The first kappa shape index (κ1) is 18.6. The summed E-state index contributed by atoms with van der Waals surface area (Å²) in [7, 11) is 0.